The Hall–Kier alpha value is -2.38. The molecule has 0 radical (unpaired) electrons. The van der Waals surface area contributed by atoms with Crippen molar-refractivity contribution < 1.29 is 14.3 Å². The first-order valence-electron chi connectivity index (χ1n) is 10.7. The minimum atomic E-state index is -0.667. The predicted octanol–water partition coefficient (Wildman–Crippen LogP) is 6.08. The summed E-state index contributed by atoms with van der Waals surface area (Å²) in [5.74, 6) is 0.0978. The average Bonchev–Trinajstić information content (AvgIpc) is 2.75. The molecule has 174 valence electrons. The van der Waals surface area contributed by atoms with Gasteiger partial charge in [0.25, 0.3) is 5.91 Å². The van der Waals surface area contributed by atoms with Crippen LogP contribution in [-0.2, 0) is 16.1 Å². The van der Waals surface area contributed by atoms with Gasteiger partial charge in [0.1, 0.15) is 11.8 Å². The fraction of sp³-hybridized carbons (Fsp3) is 0.308. The van der Waals surface area contributed by atoms with Gasteiger partial charge in [0.2, 0.25) is 5.91 Å². The zero-order chi connectivity index (χ0) is 24.2. The first-order valence-corrected chi connectivity index (χ1v) is 12.3. The number of hydrogen-bond donors (Lipinski definition) is 1. The molecule has 0 saturated carbocycles. The van der Waals surface area contributed by atoms with Gasteiger partial charge in [-0.05, 0) is 78.2 Å². The van der Waals surface area contributed by atoms with Crippen LogP contribution in [0.3, 0.4) is 0 Å². The zero-order valence-electron chi connectivity index (χ0n) is 19.2. The number of rotatable bonds is 7. The summed E-state index contributed by atoms with van der Waals surface area (Å²) >= 11 is 7.07. The van der Waals surface area contributed by atoms with Gasteiger partial charge >= 0.3 is 0 Å². The summed E-state index contributed by atoms with van der Waals surface area (Å²) in [7, 11) is 0. The number of hydrogen-bond acceptors (Lipinski definition) is 3. The molecule has 7 heteroatoms. The number of benzene rings is 3. The molecule has 0 saturated heterocycles. The van der Waals surface area contributed by atoms with Crippen LogP contribution in [0.25, 0.3) is 10.8 Å². The lowest BCUT2D eigenvalue weighted by molar-refractivity contribution is -0.142. The van der Waals surface area contributed by atoms with Crippen LogP contribution in [0.4, 0.5) is 0 Å². The van der Waals surface area contributed by atoms with Gasteiger partial charge in [-0.15, -0.1) is 0 Å². The van der Waals surface area contributed by atoms with Gasteiger partial charge in [-0.1, -0.05) is 58.4 Å². The highest BCUT2D eigenvalue weighted by Gasteiger charge is 2.29. The van der Waals surface area contributed by atoms with E-state index in [1.54, 1.807) is 11.8 Å². The third-order valence-electron chi connectivity index (χ3n) is 5.09. The van der Waals surface area contributed by atoms with Gasteiger partial charge in [-0.2, -0.15) is 0 Å². The number of amides is 2. The standard InChI is InChI=1S/C26H28Br2N2O3/c1-17(25(32)29-26(2,3)4)30(15-18-8-7-10-20(27)14-18)23(31)16-33-22-13-12-19-9-5-6-11-21(19)24(22)28/h5-14,17H,15-16H2,1-4H3,(H,29,32)/t17-/m0/s1. The molecule has 0 aliphatic carbocycles. The van der Waals surface area contributed by atoms with Crippen LogP contribution in [0, 0.1) is 0 Å². The Morgan fingerprint density at radius 2 is 1.76 bits per heavy atom. The molecule has 0 unspecified atom stereocenters. The molecule has 0 aliphatic heterocycles. The Balaban J connectivity index is 1.81. The van der Waals surface area contributed by atoms with Crippen molar-refractivity contribution in [3.05, 3.63) is 75.2 Å². The van der Waals surface area contributed by atoms with Crippen LogP contribution in [0.2, 0.25) is 0 Å². The monoisotopic (exact) mass is 574 g/mol. The highest BCUT2D eigenvalue weighted by molar-refractivity contribution is 9.11. The number of nitrogens with one attached hydrogen (secondary N) is 1. The van der Waals surface area contributed by atoms with Crippen molar-refractivity contribution in [2.45, 2.75) is 45.8 Å². The van der Waals surface area contributed by atoms with Gasteiger partial charge in [0.15, 0.2) is 6.61 Å². The minimum absolute atomic E-state index is 0.182. The van der Waals surface area contributed by atoms with Gasteiger partial charge in [-0.3, -0.25) is 9.59 Å². The Morgan fingerprint density at radius 3 is 2.45 bits per heavy atom. The number of ether oxygens (including phenoxy) is 1. The SMILES string of the molecule is C[C@@H](C(=O)NC(C)(C)C)N(Cc1cccc(Br)c1)C(=O)COc1ccc2ccccc2c1Br. The number of nitrogens with zero attached hydrogens (tertiary/aromatic N) is 1. The lowest BCUT2D eigenvalue weighted by Crippen LogP contribution is -2.53. The average molecular weight is 576 g/mol. The Kier molecular flexibility index (Phi) is 8.19. The van der Waals surface area contributed by atoms with Gasteiger partial charge in [0.05, 0.1) is 4.47 Å². The van der Waals surface area contributed by atoms with E-state index in [4.69, 9.17) is 4.74 Å². The van der Waals surface area contributed by atoms with Crippen LogP contribution in [0.5, 0.6) is 5.75 Å². The summed E-state index contributed by atoms with van der Waals surface area (Å²) in [6, 6.07) is 18.8. The number of carbonyl (C=O) groups excluding carboxylic acids is 2. The molecule has 0 heterocycles. The highest BCUT2D eigenvalue weighted by atomic mass is 79.9. The number of carbonyl (C=O) groups is 2. The van der Waals surface area contributed by atoms with E-state index >= 15 is 0 Å². The summed E-state index contributed by atoms with van der Waals surface area (Å²) in [4.78, 5) is 27.7. The van der Waals surface area contributed by atoms with E-state index in [1.807, 2.05) is 81.4 Å². The maximum absolute atomic E-state index is 13.3. The number of fused-ring (bicyclic) bond motifs is 1. The molecular formula is C26H28Br2N2O3. The third kappa shape index (κ3) is 6.81. The summed E-state index contributed by atoms with van der Waals surface area (Å²) in [5, 5.41) is 5.05. The van der Waals surface area contributed by atoms with Crippen molar-refractivity contribution in [2.75, 3.05) is 6.61 Å². The fourth-order valence-electron chi connectivity index (χ4n) is 3.44. The second kappa shape index (κ2) is 10.7. The molecule has 2 amide bonds. The van der Waals surface area contributed by atoms with Crippen molar-refractivity contribution in [3.8, 4) is 5.75 Å². The summed E-state index contributed by atoms with van der Waals surface area (Å²) in [6.45, 7) is 7.59. The van der Waals surface area contributed by atoms with Crippen molar-refractivity contribution in [1.82, 2.24) is 10.2 Å². The predicted molar refractivity (Wildman–Crippen MR) is 139 cm³/mol. The molecule has 3 rings (SSSR count). The smallest absolute Gasteiger partial charge is 0.261 e. The zero-order valence-corrected chi connectivity index (χ0v) is 22.4. The van der Waals surface area contributed by atoms with Crippen LogP contribution in [-0.4, -0.2) is 34.9 Å². The first-order chi connectivity index (χ1) is 15.5. The van der Waals surface area contributed by atoms with Crippen LogP contribution in [0.15, 0.2) is 69.6 Å². The normalized spacial score (nSPS) is 12.3. The molecule has 0 bridgehead atoms. The Bertz CT molecular complexity index is 1160. The van der Waals surface area contributed by atoms with Crippen LogP contribution < -0.4 is 10.1 Å². The summed E-state index contributed by atoms with van der Waals surface area (Å²) < 4.78 is 7.61. The van der Waals surface area contributed by atoms with E-state index in [2.05, 4.69) is 37.2 Å². The molecule has 0 aromatic heterocycles. The van der Waals surface area contributed by atoms with E-state index in [0.29, 0.717) is 12.3 Å². The van der Waals surface area contributed by atoms with E-state index in [-0.39, 0.29) is 18.4 Å². The largest absolute Gasteiger partial charge is 0.483 e. The maximum atomic E-state index is 13.3. The Labute approximate surface area is 211 Å². The van der Waals surface area contributed by atoms with E-state index in [9.17, 15) is 9.59 Å². The van der Waals surface area contributed by atoms with Gasteiger partial charge in [-0.25, -0.2) is 0 Å². The topological polar surface area (TPSA) is 58.6 Å². The van der Waals surface area contributed by atoms with E-state index in [0.717, 1.165) is 25.3 Å². The van der Waals surface area contributed by atoms with Gasteiger partial charge in [0, 0.05) is 16.6 Å². The lowest BCUT2D eigenvalue weighted by Gasteiger charge is -2.31. The fourth-order valence-corrected chi connectivity index (χ4v) is 4.49. The molecule has 33 heavy (non-hydrogen) atoms. The van der Waals surface area contributed by atoms with Crippen LogP contribution >= 0.6 is 31.9 Å². The molecule has 0 spiro atoms. The third-order valence-corrected chi connectivity index (χ3v) is 6.40. The van der Waals surface area contributed by atoms with E-state index < -0.39 is 11.6 Å². The second-order valence-electron chi connectivity index (χ2n) is 8.95. The molecule has 1 atom stereocenters. The molecule has 0 aliphatic rings. The molecule has 3 aromatic carbocycles. The lowest BCUT2D eigenvalue weighted by atomic mass is 10.1. The van der Waals surface area contributed by atoms with Crippen molar-refractivity contribution in [3.63, 3.8) is 0 Å². The second-order valence-corrected chi connectivity index (χ2v) is 10.7. The molecule has 5 nitrogen and oxygen atoms in total. The van der Waals surface area contributed by atoms with Crippen molar-refractivity contribution in [2.24, 2.45) is 0 Å². The molecule has 1 N–H and O–H groups in total. The molecule has 3 aromatic rings. The van der Waals surface area contributed by atoms with E-state index in [1.165, 1.54) is 0 Å². The minimum Gasteiger partial charge on any atom is -0.483 e. The summed E-state index contributed by atoms with van der Waals surface area (Å²) in [6.07, 6.45) is 0. The maximum Gasteiger partial charge on any atom is 0.261 e. The molecule has 0 fully saturated rings. The van der Waals surface area contributed by atoms with Crippen molar-refractivity contribution >= 4 is 54.4 Å². The van der Waals surface area contributed by atoms with Gasteiger partial charge < -0.3 is 15.0 Å². The first kappa shape index (κ1) is 25.2. The Morgan fingerprint density at radius 1 is 1.03 bits per heavy atom. The van der Waals surface area contributed by atoms with Crippen molar-refractivity contribution in [1.29, 1.82) is 0 Å². The van der Waals surface area contributed by atoms with Crippen LogP contribution in [0.1, 0.15) is 33.3 Å². The quantitative estimate of drug-likeness (QED) is 0.372. The summed E-state index contributed by atoms with van der Waals surface area (Å²) in [5.41, 5.74) is 0.516. The highest BCUT2D eigenvalue weighted by Crippen LogP contribution is 2.33. The molecular weight excluding hydrogens is 548 g/mol. The number of halogens is 2.